The third kappa shape index (κ3) is 2.06. The Hall–Kier alpha value is -2.06. The highest BCUT2D eigenvalue weighted by molar-refractivity contribution is 5.93. The molecule has 5 nitrogen and oxygen atoms in total. The fourth-order valence-corrected chi connectivity index (χ4v) is 1.14. The molecule has 0 aliphatic rings. The van der Waals surface area contributed by atoms with Crippen LogP contribution in [0.2, 0.25) is 0 Å². The molecular weight excluding hydrogens is 198 g/mol. The molecule has 0 aromatic heterocycles. The number of rotatable bonds is 2. The van der Waals surface area contributed by atoms with Gasteiger partial charge in [-0.2, -0.15) is 5.26 Å². The van der Waals surface area contributed by atoms with E-state index in [0.717, 1.165) is 0 Å². The van der Waals surface area contributed by atoms with Crippen LogP contribution in [0.1, 0.15) is 21.5 Å². The number of hydrogen-bond acceptors (Lipinski definition) is 5. The minimum atomic E-state index is -0.751. The Bertz CT molecular complexity index is 434. The van der Waals surface area contributed by atoms with Gasteiger partial charge in [-0.1, -0.05) is 0 Å². The molecule has 0 saturated carbocycles. The van der Waals surface area contributed by atoms with Crippen LogP contribution >= 0.6 is 0 Å². The summed E-state index contributed by atoms with van der Waals surface area (Å²) in [5.74, 6) is -1.18. The average Bonchev–Trinajstić information content (AvgIpc) is 2.28. The number of aromatic hydroxyl groups is 1. The van der Waals surface area contributed by atoms with Gasteiger partial charge in [-0.3, -0.25) is 0 Å². The molecule has 1 aromatic carbocycles. The van der Waals surface area contributed by atoms with Crippen molar-refractivity contribution in [2.24, 2.45) is 0 Å². The summed E-state index contributed by atoms with van der Waals surface area (Å²) in [4.78, 5) is 11.2. The van der Waals surface area contributed by atoms with E-state index in [0.29, 0.717) is 5.56 Å². The Morgan fingerprint density at radius 1 is 1.60 bits per heavy atom. The van der Waals surface area contributed by atoms with Crippen LogP contribution in [-0.4, -0.2) is 23.3 Å². The van der Waals surface area contributed by atoms with Gasteiger partial charge in [-0.15, -0.1) is 0 Å². The number of ether oxygens (including phenoxy) is 1. The molecule has 0 spiro atoms. The number of carbonyl (C=O) groups excluding carboxylic acids is 1. The molecule has 0 amide bonds. The predicted molar refractivity (Wildman–Crippen MR) is 50.1 cm³/mol. The highest BCUT2D eigenvalue weighted by atomic mass is 16.5. The zero-order chi connectivity index (χ0) is 11.4. The normalized spacial score (nSPS) is 9.40. The van der Waals surface area contributed by atoms with Crippen LogP contribution in [0.15, 0.2) is 12.1 Å². The van der Waals surface area contributed by atoms with Crippen molar-refractivity contribution >= 4 is 5.97 Å². The monoisotopic (exact) mass is 207 g/mol. The summed E-state index contributed by atoms with van der Waals surface area (Å²) in [5, 5.41) is 27.1. The number of benzene rings is 1. The summed E-state index contributed by atoms with van der Waals surface area (Å²) >= 11 is 0. The number of phenolic OH excluding ortho intramolecular Hbond substituents is 1. The number of aliphatic hydroxyl groups excluding tert-OH is 1. The summed E-state index contributed by atoms with van der Waals surface area (Å²) in [5.41, 5.74) is 0.173. The van der Waals surface area contributed by atoms with Crippen molar-refractivity contribution in [3.05, 3.63) is 28.8 Å². The van der Waals surface area contributed by atoms with E-state index in [4.69, 9.17) is 10.4 Å². The highest BCUT2D eigenvalue weighted by Crippen LogP contribution is 2.24. The summed E-state index contributed by atoms with van der Waals surface area (Å²) < 4.78 is 4.43. The van der Waals surface area contributed by atoms with Crippen LogP contribution in [0.3, 0.4) is 0 Å². The predicted octanol–water partition coefficient (Wildman–Crippen LogP) is 0.543. The molecule has 0 aliphatic heterocycles. The maximum Gasteiger partial charge on any atom is 0.341 e. The number of hydrogen-bond donors (Lipinski definition) is 2. The van der Waals surface area contributed by atoms with Crippen LogP contribution < -0.4 is 0 Å². The van der Waals surface area contributed by atoms with Crippen molar-refractivity contribution in [2.75, 3.05) is 7.11 Å². The fraction of sp³-hybridized carbons (Fsp3) is 0.200. The van der Waals surface area contributed by atoms with Crippen LogP contribution in [-0.2, 0) is 11.3 Å². The van der Waals surface area contributed by atoms with Gasteiger partial charge in [-0.05, 0) is 17.7 Å². The van der Waals surface area contributed by atoms with E-state index in [1.807, 2.05) is 0 Å². The third-order valence-corrected chi connectivity index (χ3v) is 1.88. The lowest BCUT2D eigenvalue weighted by Crippen LogP contribution is -2.04. The van der Waals surface area contributed by atoms with Crippen molar-refractivity contribution in [3.8, 4) is 11.8 Å². The molecule has 0 unspecified atom stereocenters. The van der Waals surface area contributed by atoms with Gasteiger partial charge in [0, 0.05) is 0 Å². The first-order chi connectivity index (χ1) is 7.13. The minimum absolute atomic E-state index is 0.0676. The molecule has 0 fully saturated rings. The van der Waals surface area contributed by atoms with E-state index in [9.17, 15) is 9.90 Å². The molecule has 0 atom stereocenters. The van der Waals surface area contributed by atoms with E-state index in [1.165, 1.54) is 19.2 Å². The van der Waals surface area contributed by atoms with Crippen LogP contribution in [0.4, 0.5) is 0 Å². The van der Waals surface area contributed by atoms with Crippen molar-refractivity contribution in [3.63, 3.8) is 0 Å². The van der Waals surface area contributed by atoms with Crippen molar-refractivity contribution in [2.45, 2.75) is 6.61 Å². The van der Waals surface area contributed by atoms with Gasteiger partial charge in [0.25, 0.3) is 0 Å². The van der Waals surface area contributed by atoms with Gasteiger partial charge >= 0.3 is 5.97 Å². The number of methoxy groups -OCH3 is 1. The molecule has 0 aliphatic carbocycles. The van der Waals surface area contributed by atoms with Crippen molar-refractivity contribution in [1.82, 2.24) is 0 Å². The van der Waals surface area contributed by atoms with Crippen LogP contribution in [0, 0.1) is 11.3 Å². The Kier molecular flexibility index (Phi) is 3.26. The van der Waals surface area contributed by atoms with Gasteiger partial charge in [0.2, 0.25) is 0 Å². The topological polar surface area (TPSA) is 90.5 Å². The van der Waals surface area contributed by atoms with Gasteiger partial charge in [0.1, 0.15) is 17.4 Å². The van der Waals surface area contributed by atoms with Crippen molar-refractivity contribution in [1.29, 1.82) is 5.26 Å². The largest absolute Gasteiger partial charge is 0.506 e. The van der Waals surface area contributed by atoms with E-state index in [-0.39, 0.29) is 17.7 Å². The van der Waals surface area contributed by atoms with Gasteiger partial charge in [0.05, 0.1) is 19.3 Å². The number of aliphatic hydroxyl groups is 1. The Balaban J connectivity index is 3.38. The molecule has 5 heteroatoms. The quantitative estimate of drug-likeness (QED) is 0.691. The van der Waals surface area contributed by atoms with E-state index >= 15 is 0 Å². The lowest BCUT2D eigenvalue weighted by Gasteiger charge is -2.06. The molecule has 1 aromatic rings. The molecule has 0 saturated heterocycles. The van der Waals surface area contributed by atoms with Gasteiger partial charge in [-0.25, -0.2) is 4.79 Å². The standard InChI is InChI=1S/C10H9NO4/c1-15-10(14)8-3-6(5-12)2-7(4-11)9(8)13/h2-3,12-13H,5H2,1H3. The fourth-order valence-electron chi connectivity index (χ4n) is 1.14. The lowest BCUT2D eigenvalue weighted by atomic mass is 10.0. The number of esters is 1. The second-order valence-corrected chi connectivity index (χ2v) is 2.80. The molecule has 1 rings (SSSR count). The molecule has 15 heavy (non-hydrogen) atoms. The highest BCUT2D eigenvalue weighted by Gasteiger charge is 2.16. The number of nitriles is 1. The smallest absolute Gasteiger partial charge is 0.341 e. The van der Waals surface area contributed by atoms with Crippen LogP contribution in [0.25, 0.3) is 0 Å². The first kappa shape index (κ1) is 11.0. The Morgan fingerprint density at radius 2 is 2.27 bits per heavy atom. The van der Waals surface area contributed by atoms with E-state index < -0.39 is 11.7 Å². The first-order valence-corrected chi connectivity index (χ1v) is 4.09. The van der Waals surface area contributed by atoms with E-state index in [1.54, 1.807) is 6.07 Å². The Morgan fingerprint density at radius 3 is 2.73 bits per heavy atom. The molecule has 0 radical (unpaired) electrons. The number of phenols is 1. The maximum atomic E-state index is 11.2. The van der Waals surface area contributed by atoms with Crippen LogP contribution in [0.5, 0.6) is 5.75 Å². The van der Waals surface area contributed by atoms with Gasteiger partial charge in [0.15, 0.2) is 0 Å². The van der Waals surface area contributed by atoms with E-state index in [2.05, 4.69) is 4.74 Å². The molecule has 0 heterocycles. The zero-order valence-corrected chi connectivity index (χ0v) is 8.02. The average molecular weight is 207 g/mol. The summed E-state index contributed by atoms with van der Waals surface area (Å²) in [6.45, 7) is -0.320. The molecule has 0 bridgehead atoms. The second-order valence-electron chi connectivity index (χ2n) is 2.80. The lowest BCUT2D eigenvalue weighted by molar-refractivity contribution is 0.0597. The summed E-state index contributed by atoms with van der Waals surface area (Å²) in [6, 6.07) is 4.31. The first-order valence-electron chi connectivity index (χ1n) is 4.09. The summed E-state index contributed by atoms with van der Waals surface area (Å²) in [7, 11) is 1.17. The summed E-state index contributed by atoms with van der Waals surface area (Å²) in [6.07, 6.45) is 0. The molecule has 2 N–H and O–H groups in total. The maximum absolute atomic E-state index is 11.2. The third-order valence-electron chi connectivity index (χ3n) is 1.88. The van der Waals surface area contributed by atoms with Crippen molar-refractivity contribution < 1.29 is 19.7 Å². The number of carbonyl (C=O) groups is 1. The molecule has 78 valence electrons. The van der Waals surface area contributed by atoms with Gasteiger partial charge < -0.3 is 14.9 Å². The Labute approximate surface area is 86.1 Å². The second kappa shape index (κ2) is 4.44. The minimum Gasteiger partial charge on any atom is -0.506 e. The SMILES string of the molecule is COC(=O)c1cc(CO)cc(C#N)c1O. The molecular formula is C10H9NO4. The number of nitrogens with zero attached hydrogens (tertiary/aromatic N) is 1. The zero-order valence-electron chi connectivity index (χ0n) is 8.02.